The standard InChI is InChI=1S/C20H20FN3OS/c1-14-6-8-16(9-7-14)24-19(17-4-2-3-5-18(17)21)22-23-20(24)26-13-15-10-11-25-12-15/h2-9,15H,10-13H2,1H3/t15-/m1/s1. The minimum atomic E-state index is -0.297. The summed E-state index contributed by atoms with van der Waals surface area (Å²) in [5.41, 5.74) is 2.56. The van der Waals surface area contributed by atoms with E-state index in [2.05, 4.69) is 10.2 Å². The molecule has 0 saturated carbocycles. The highest BCUT2D eigenvalue weighted by Gasteiger charge is 2.21. The molecule has 0 unspecified atom stereocenters. The molecule has 0 spiro atoms. The van der Waals surface area contributed by atoms with Crippen LogP contribution in [0.1, 0.15) is 12.0 Å². The number of benzene rings is 2. The second-order valence-electron chi connectivity index (χ2n) is 6.50. The Labute approximate surface area is 156 Å². The van der Waals surface area contributed by atoms with Crippen LogP contribution in [0.25, 0.3) is 17.1 Å². The summed E-state index contributed by atoms with van der Waals surface area (Å²) in [6.45, 7) is 3.67. The van der Waals surface area contributed by atoms with Crippen molar-refractivity contribution in [3.8, 4) is 17.1 Å². The lowest BCUT2D eigenvalue weighted by Crippen LogP contribution is -2.05. The number of rotatable bonds is 5. The molecule has 0 N–H and O–H groups in total. The number of aryl methyl sites for hydroxylation is 1. The van der Waals surface area contributed by atoms with Crippen molar-refractivity contribution in [3.05, 3.63) is 59.9 Å². The Balaban J connectivity index is 1.74. The summed E-state index contributed by atoms with van der Waals surface area (Å²) >= 11 is 1.65. The molecule has 1 fully saturated rings. The number of hydrogen-bond acceptors (Lipinski definition) is 4. The van der Waals surface area contributed by atoms with Crippen LogP contribution >= 0.6 is 11.8 Å². The van der Waals surface area contributed by atoms with Gasteiger partial charge in [0.25, 0.3) is 0 Å². The fourth-order valence-electron chi connectivity index (χ4n) is 3.01. The third-order valence-corrected chi connectivity index (χ3v) is 5.67. The molecular weight excluding hydrogens is 349 g/mol. The molecule has 1 atom stereocenters. The summed E-state index contributed by atoms with van der Waals surface area (Å²) in [5.74, 6) is 1.67. The van der Waals surface area contributed by atoms with Gasteiger partial charge >= 0.3 is 0 Å². The van der Waals surface area contributed by atoms with Gasteiger partial charge in [-0.2, -0.15) is 0 Å². The van der Waals surface area contributed by atoms with Crippen molar-refractivity contribution in [3.63, 3.8) is 0 Å². The van der Waals surface area contributed by atoms with Gasteiger partial charge in [0.05, 0.1) is 12.2 Å². The topological polar surface area (TPSA) is 39.9 Å². The van der Waals surface area contributed by atoms with E-state index in [0.717, 1.165) is 36.2 Å². The van der Waals surface area contributed by atoms with Crippen molar-refractivity contribution in [2.45, 2.75) is 18.5 Å². The summed E-state index contributed by atoms with van der Waals surface area (Å²) in [6, 6.07) is 14.8. The molecule has 26 heavy (non-hydrogen) atoms. The molecule has 1 aliphatic heterocycles. The number of halogens is 1. The van der Waals surface area contributed by atoms with Gasteiger partial charge in [0, 0.05) is 18.0 Å². The smallest absolute Gasteiger partial charge is 0.196 e. The van der Waals surface area contributed by atoms with Gasteiger partial charge in [0.1, 0.15) is 5.82 Å². The van der Waals surface area contributed by atoms with Crippen molar-refractivity contribution in [2.24, 2.45) is 5.92 Å². The van der Waals surface area contributed by atoms with Gasteiger partial charge in [0.15, 0.2) is 11.0 Å². The summed E-state index contributed by atoms with van der Waals surface area (Å²) < 4.78 is 21.8. The van der Waals surface area contributed by atoms with Gasteiger partial charge in [-0.15, -0.1) is 10.2 Å². The first-order valence-electron chi connectivity index (χ1n) is 8.70. The minimum Gasteiger partial charge on any atom is -0.381 e. The van der Waals surface area contributed by atoms with Gasteiger partial charge in [-0.25, -0.2) is 4.39 Å². The number of aromatic nitrogens is 3. The second-order valence-corrected chi connectivity index (χ2v) is 7.48. The largest absolute Gasteiger partial charge is 0.381 e. The zero-order valence-electron chi connectivity index (χ0n) is 14.6. The summed E-state index contributed by atoms with van der Waals surface area (Å²) in [5, 5.41) is 9.45. The van der Waals surface area contributed by atoms with E-state index < -0.39 is 0 Å². The Bertz CT molecular complexity index is 888. The normalized spacial score (nSPS) is 16.9. The molecule has 1 saturated heterocycles. The average molecular weight is 369 g/mol. The van der Waals surface area contributed by atoms with Gasteiger partial charge in [-0.3, -0.25) is 4.57 Å². The zero-order chi connectivity index (χ0) is 17.9. The first-order valence-corrected chi connectivity index (χ1v) is 9.69. The Morgan fingerprint density at radius 3 is 2.69 bits per heavy atom. The van der Waals surface area contributed by atoms with E-state index in [-0.39, 0.29) is 5.82 Å². The fourth-order valence-corrected chi connectivity index (χ4v) is 4.08. The van der Waals surface area contributed by atoms with Crippen molar-refractivity contribution in [2.75, 3.05) is 19.0 Å². The van der Waals surface area contributed by atoms with Crippen molar-refractivity contribution in [1.29, 1.82) is 0 Å². The molecule has 4 rings (SSSR count). The Kier molecular flexibility index (Phi) is 5.04. The molecule has 6 heteroatoms. The minimum absolute atomic E-state index is 0.297. The number of nitrogens with zero attached hydrogens (tertiary/aromatic N) is 3. The maximum atomic E-state index is 14.4. The average Bonchev–Trinajstić information content (AvgIpc) is 3.31. The van der Waals surface area contributed by atoms with Gasteiger partial charge in [-0.05, 0) is 43.5 Å². The third-order valence-electron chi connectivity index (χ3n) is 4.51. The lowest BCUT2D eigenvalue weighted by Gasteiger charge is -2.12. The van der Waals surface area contributed by atoms with Crippen LogP contribution in [-0.4, -0.2) is 33.7 Å². The van der Waals surface area contributed by atoms with E-state index in [0.29, 0.717) is 17.3 Å². The van der Waals surface area contributed by atoms with E-state index >= 15 is 0 Å². The summed E-state index contributed by atoms with van der Waals surface area (Å²) in [6.07, 6.45) is 1.08. The van der Waals surface area contributed by atoms with E-state index in [1.165, 1.54) is 11.6 Å². The van der Waals surface area contributed by atoms with Crippen molar-refractivity contribution in [1.82, 2.24) is 14.8 Å². The maximum Gasteiger partial charge on any atom is 0.196 e. The van der Waals surface area contributed by atoms with Gasteiger partial charge < -0.3 is 4.74 Å². The molecule has 134 valence electrons. The predicted molar refractivity (Wildman–Crippen MR) is 101 cm³/mol. The first kappa shape index (κ1) is 17.2. The van der Waals surface area contributed by atoms with Crippen molar-refractivity contribution < 1.29 is 9.13 Å². The molecule has 1 aromatic heterocycles. The fraction of sp³-hybridized carbons (Fsp3) is 0.300. The van der Waals surface area contributed by atoms with Crippen LogP contribution in [-0.2, 0) is 4.74 Å². The lowest BCUT2D eigenvalue weighted by molar-refractivity contribution is 0.189. The molecule has 0 aliphatic carbocycles. The molecule has 3 aromatic rings. The first-order chi connectivity index (χ1) is 12.7. The zero-order valence-corrected chi connectivity index (χ0v) is 15.4. The van der Waals surface area contributed by atoms with E-state index in [4.69, 9.17) is 4.74 Å². The highest BCUT2D eigenvalue weighted by Crippen LogP contribution is 2.31. The number of hydrogen-bond donors (Lipinski definition) is 0. The van der Waals surface area contributed by atoms with Crippen LogP contribution in [0, 0.1) is 18.7 Å². The Morgan fingerprint density at radius 2 is 1.96 bits per heavy atom. The SMILES string of the molecule is Cc1ccc(-n2c(SC[C@@H]3CCOC3)nnc2-c2ccccc2F)cc1. The van der Waals surface area contributed by atoms with Crippen LogP contribution < -0.4 is 0 Å². The molecule has 0 radical (unpaired) electrons. The molecular formula is C20H20FN3OS. The molecule has 2 heterocycles. The van der Waals surface area contributed by atoms with Crippen LogP contribution in [0.4, 0.5) is 4.39 Å². The monoisotopic (exact) mass is 369 g/mol. The quantitative estimate of drug-likeness (QED) is 0.621. The number of ether oxygens (including phenoxy) is 1. The Hall–Kier alpha value is -2.18. The number of thioether (sulfide) groups is 1. The summed E-state index contributed by atoms with van der Waals surface area (Å²) in [7, 11) is 0. The predicted octanol–water partition coefficient (Wildman–Crippen LogP) is 4.51. The van der Waals surface area contributed by atoms with Crippen LogP contribution in [0.15, 0.2) is 53.7 Å². The van der Waals surface area contributed by atoms with Gasteiger partial charge in [0.2, 0.25) is 0 Å². The molecule has 0 amide bonds. The molecule has 2 aromatic carbocycles. The van der Waals surface area contributed by atoms with Crippen LogP contribution in [0.5, 0.6) is 0 Å². The van der Waals surface area contributed by atoms with Gasteiger partial charge in [-0.1, -0.05) is 41.6 Å². The molecule has 4 nitrogen and oxygen atoms in total. The highest BCUT2D eigenvalue weighted by atomic mass is 32.2. The third kappa shape index (κ3) is 3.52. The van der Waals surface area contributed by atoms with E-state index in [9.17, 15) is 4.39 Å². The second kappa shape index (κ2) is 7.60. The van der Waals surface area contributed by atoms with E-state index in [1.54, 1.807) is 23.9 Å². The summed E-state index contributed by atoms with van der Waals surface area (Å²) in [4.78, 5) is 0. The Morgan fingerprint density at radius 1 is 1.15 bits per heavy atom. The maximum absolute atomic E-state index is 14.4. The lowest BCUT2D eigenvalue weighted by atomic mass is 10.2. The molecule has 1 aliphatic rings. The van der Waals surface area contributed by atoms with Crippen LogP contribution in [0.3, 0.4) is 0 Å². The van der Waals surface area contributed by atoms with Crippen molar-refractivity contribution >= 4 is 11.8 Å². The van der Waals surface area contributed by atoms with E-state index in [1.807, 2.05) is 41.8 Å². The molecule has 0 bridgehead atoms. The highest BCUT2D eigenvalue weighted by molar-refractivity contribution is 7.99. The van der Waals surface area contributed by atoms with Crippen LogP contribution in [0.2, 0.25) is 0 Å².